The average Bonchev–Trinajstić information content (AvgIpc) is 2.54. The maximum Gasteiger partial charge on any atom is 0.411 e. The highest BCUT2D eigenvalue weighted by Gasteiger charge is 2.26. The maximum absolute atomic E-state index is 13.0. The molecule has 0 amide bonds. The van der Waals surface area contributed by atoms with Crippen LogP contribution in [0.4, 0.5) is 13.2 Å². The fraction of sp³-hybridized carbons (Fsp3) is 0.0588. The lowest BCUT2D eigenvalue weighted by Gasteiger charge is -2.13. The predicted octanol–water partition coefficient (Wildman–Crippen LogP) is 4.61. The van der Waals surface area contributed by atoms with Gasteiger partial charge in [-0.25, -0.2) is 4.98 Å². The van der Waals surface area contributed by atoms with E-state index in [4.69, 9.17) is 0 Å². The fourth-order valence-corrected chi connectivity index (χ4v) is 2.57. The Morgan fingerprint density at radius 2 is 1.75 bits per heavy atom. The number of hydrogen-bond acceptors (Lipinski definition) is 2. The topological polar surface area (TPSA) is 34.9 Å². The first-order valence-electron chi connectivity index (χ1n) is 6.87. The lowest BCUT2D eigenvalue weighted by molar-refractivity contribution is -0.0795. The van der Waals surface area contributed by atoms with Gasteiger partial charge < -0.3 is 0 Å². The maximum atomic E-state index is 13.0. The first-order chi connectivity index (χ1) is 11.3. The SMILES string of the molecule is O=c1c2ccccc2ncn1/C(=C\C(F)(F)F)c1ccc(Br)cc1. The Kier molecular flexibility index (Phi) is 4.28. The standard InChI is InChI=1S/C17H10BrF3N2O/c18-12-7-5-11(6-8-12)15(9-17(19,20)21)23-10-22-14-4-2-1-3-13(14)16(23)24/h1-10H/b15-9-. The second kappa shape index (κ2) is 6.24. The van der Waals surface area contributed by atoms with Crippen molar-refractivity contribution in [2.45, 2.75) is 6.18 Å². The summed E-state index contributed by atoms with van der Waals surface area (Å²) >= 11 is 3.24. The molecule has 0 saturated heterocycles. The van der Waals surface area contributed by atoms with Crippen LogP contribution in [0.5, 0.6) is 0 Å². The van der Waals surface area contributed by atoms with E-state index < -0.39 is 11.7 Å². The predicted molar refractivity (Wildman–Crippen MR) is 89.6 cm³/mol. The third kappa shape index (κ3) is 3.41. The molecular weight excluding hydrogens is 385 g/mol. The summed E-state index contributed by atoms with van der Waals surface area (Å²) < 4.78 is 40.6. The lowest BCUT2D eigenvalue weighted by Crippen LogP contribution is -2.22. The average molecular weight is 395 g/mol. The van der Waals surface area contributed by atoms with Crippen LogP contribution in [-0.4, -0.2) is 15.7 Å². The Morgan fingerprint density at radius 3 is 2.42 bits per heavy atom. The zero-order valence-corrected chi connectivity index (χ0v) is 13.7. The second-order valence-corrected chi connectivity index (χ2v) is 5.93. The van der Waals surface area contributed by atoms with E-state index in [0.717, 1.165) is 15.4 Å². The van der Waals surface area contributed by atoms with E-state index in [1.807, 2.05) is 0 Å². The van der Waals surface area contributed by atoms with E-state index in [-0.39, 0.29) is 22.7 Å². The van der Waals surface area contributed by atoms with Gasteiger partial charge in [-0.1, -0.05) is 40.2 Å². The van der Waals surface area contributed by atoms with Crippen LogP contribution in [0.3, 0.4) is 0 Å². The van der Waals surface area contributed by atoms with Gasteiger partial charge in [0.25, 0.3) is 5.56 Å². The van der Waals surface area contributed by atoms with Crippen molar-refractivity contribution in [1.82, 2.24) is 9.55 Å². The molecule has 0 aliphatic carbocycles. The molecule has 1 heterocycles. The van der Waals surface area contributed by atoms with Crippen LogP contribution in [0.25, 0.3) is 16.6 Å². The summed E-state index contributed by atoms with van der Waals surface area (Å²) in [6.45, 7) is 0. The molecule has 1 aromatic heterocycles. The lowest BCUT2D eigenvalue weighted by atomic mass is 10.1. The zero-order chi connectivity index (χ0) is 17.3. The van der Waals surface area contributed by atoms with E-state index >= 15 is 0 Å². The number of hydrogen-bond donors (Lipinski definition) is 0. The summed E-state index contributed by atoms with van der Waals surface area (Å²) in [7, 11) is 0. The van der Waals surface area contributed by atoms with Gasteiger partial charge in [0.1, 0.15) is 6.33 Å². The number of para-hydroxylation sites is 1. The molecule has 0 fully saturated rings. The van der Waals surface area contributed by atoms with Gasteiger partial charge in [-0.2, -0.15) is 13.2 Å². The Bertz CT molecular complexity index is 976. The largest absolute Gasteiger partial charge is 0.411 e. The molecule has 0 unspecified atom stereocenters. The normalized spacial score (nSPS) is 12.6. The Hall–Kier alpha value is -2.41. The Morgan fingerprint density at radius 1 is 1.08 bits per heavy atom. The number of benzene rings is 2. The smallest absolute Gasteiger partial charge is 0.268 e. The molecule has 0 aliphatic heterocycles. The van der Waals surface area contributed by atoms with Crippen LogP contribution in [0.2, 0.25) is 0 Å². The van der Waals surface area contributed by atoms with E-state index in [1.54, 1.807) is 30.3 Å². The number of halogens is 4. The van der Waals surface area contributed by atoms with Gasteiger partial charge in [0, 0.05) is 10.5 Å². The van der Waals surface area contributed by atoms with Crippen LogP contribution in [0.15, 0.2) is 70.2 Å². The number of fused-ring (bicyclic) bond motifs is 1. The van der Waals surface area contributed by atoms with Crippen LogP contribution in [-0.2, 0) is 0 Å². The number of nitrogens with zero attached hydrogens (tertiary/aromatic N) is 2. The Labute approximate surface area is 143 Å². The molecule has 3 rings (SSSR count). The molecule has 0 atom stereocenters. The van der Waals surface area contributed by atoms with Gasteiger partial charge in [0.2, 0.25) is 0 Å². The Balaban J connectivity index is 2.27. The summed E-state index contributed by atoms with van der Waals surface area (Å²) in [6, 6.07) is 12.7. The highest BCUT2D eigenvalue weighted by Crippen LogP contribution is 2.26. The first kappa shape index (κ1) is 16.4. The number of aromatic nitrogens is 2. The molecule has 7 heteroatoms. The monoisotopic (exact) mass is 394 g/mol. The molecule has 24 heavy (non-hydrogen) atoms. The highest BCUT2D eigenvalue weighted by atomic mass is 79.9. The first-order valence-corrected chi connectivity index (χ1v) is 7.67. The molecule has 0 radical (unpaired) electrons. The van der Waals surface area contributed by atoms with Crippen molar-refractivity contribution in [1.29, 1.82) is 0 Å². The fourth-order valence-electron chi connectivity index (χ4n) is 2.31. The van der Waals surface area contributed by atoms with Gasteiger partial charge >= 0.3 is 6.18 Å². The van der Waals surface area contributed by atoms with Crippen LogP contribution in [0, 0.1) is 0 Å². The van der Waals surface area contributed by atoms with Crippen molar-refractivity contribution >= 4 is 32.5 Å². The summed E-state index contributed by atoms with van der Waals surface area (Å²) in [5.41, 5.74) is -0.145. The van der Waals surface area contributed by atoms with Crippen molar-refractivity contribution in [3.8, 4) is 0 Å². The van der Waals surface area contributed by atoms with Crippen molar-refractivity contribution < 1.29 is 13.2 Å². The van der Waals surface area contributed by atoms with Crippen molar-refractivity contribution in [2.24, 2.45) is 0 Å². The summed E-state index contributed by atoms with van der Waals surface area (Å²) in [4.78, 5) is 16.7. The van der Waals surface area contributed by atoms with Crippen molar-refractivity contribution in [3.63, 3.8) is 0 Å². The van der Waals surface area contributed by atoms with Gasteiger partial charge in [0.05, 0.1) is 16.6 Å². The quantitative estimate of drug-likeness (QED) is 0.635. The molecule has 3 aromatic rings. The van der Waals surface area contributed by atoms with Crippen LogP contribution >= 0.6 is 15.9 Å². The molecule has 0 bridgehead atoms. The summed E-state index contributed by atoms with van der Waals surface area (Å²) in [5, 5.41) is 0.255. The van der Waals surface area contributed by atoms with Crippen LogP contribution < -0.4 is 5.56 Å². The number of rotatable bonds is 2. The van der Waals surface area contributed by atoms with Crippen molar-refractivity contribution in [2.75, 3.05) is 0 Å². The molecule has 0 saturated carbocycles. The minimum atomic E-state index is -4.58. The van der Waals surface area contributed by atoms with Gasteiger partial charge in [-0.05, 0) is 29.8 Å². The highest BCUT2D eigenvalue weighted by molar-refractivity contribution is 9.10. The minimum absolute atomic E-state index is 0.105. The van der Waals surface area contributed by atoms with E-state index in [2.05, 4.69) is 20.9 Å². The molecule has 3 nitrogen and oxygen atoms in total. The molecule has 2 aromatic carbocycles. The van der Waals surface area contributed by atoms with Crippen LogP contribution in [0.1, 0.15) is 5.56 Å². The number of allylic oxidation sites excluding steroid dienone is 1. The number of alkyl halides is 3. The molecule has 122 valence electrons. The minimum Gasteiger partial charge on any atom is -0.268 e. The third-order valence-electron chi connectivity index (χ3n) is 3.37. The van der Waals surface area contributed by atoms with Gasteiger partial charge in [-0.3, -0.25) is 9.36 Å². The van der Waals surface area contributed by atoms with Gasteiger partial charge in [-0.15, -0.1) is 0 Å². The van der Waals surface area contributed by atoms with Gasteiger partial charge in [0.15, 0.2) is 0 Å². The van der Waals surface area contributed by atoms with E-state index in [1.165, 1.54) is 18.2 Å². The second-order valence-electron chi connectivity index (χ2n) is 5.01. The molecular formula is C17H10BrF3N2O. The zero-order valence-electron chi connectivity index (χ0n) is 12.1. The van der Waals surface area contributed by atoms with E-state index in [0.29, 0.717) is 5.52 Å². The van der Waals surface area contributed by atoms with E-state index in [9.17, 15) is 18.0 Å². The third-order valence-corrected chi connectivity index (χ3v) is 3.89. The molecule has 0 spiro atoms. The summed E-state index contributed by atoms with van der Waals surface area (Å²) in [6.07, 6.45) is -3.36. The summed E-state index contributed by atoms with van der Waals surface area (Å²) in [5.74, 6) is 0. The van der Waals surface area contributed by atoms with Crippen molar-refractivity contribution in [3.05, 3.63) is 81.3 Å². The molecule has 0 N–H and O–H groups in total. The molecule has 0 aliphatic rings.